The molecule has 0 bridgehead atoms. The molecule has 0 aliphatic carbocycles. The molecular formula is C20H20BrF2N3O2. The second-order valence-electron chi connectivity index (χ2n) is 6.70. The van der Waals surface area contributed by atoms with E-state index in [1.807, 2.05) is 4.90 Å². The van der Waals surface area contributed by atoms with Crippen molar-refractivity contribution in [3.63, 3.8) is 0 Å². The summed E-state index contributed by atoms with van der Waals surface area (Å²) in [4.78, 5) is 26.3. The summed E-state index contributed by atoms with van der Waals surface area (Å²) < 4.78 is 27.3. The SMILES string of the molecule is O=C(CN1CCC(NC(=O)c2ccc(F)cc2)CC1)Nc1ccc(Br)cc1F. The van der Waals surface area contributed by atoms with E-state index in [1.165, 1.54) is 36.4 Å². The van der Waals surface area contributed by atoms with E-state index in [9.17, 15) is 18.4 Å². The van der Waals surface area contributed by atoms with Crippen LogP contribution in [0.2, 0.25) is 0 Å². The molecule has 1 aliphatic rings. The molecule has 3 rings (SSSR count). The molecule has 1 fully saturated rings. The first-order valence-electron chi connectivity index (χ1n) is 8.94. The van der Waals surface area contributed by atoms with Crippen molar-refractivity contribution in [3.8, 4) is 0 Å². The van der Waals surface area contributed by atoms with Crippen molar-refractivity contribution in [2.45, 2.75) is 18.9 Å². The van der Waals surface area contributed by atoms with Crippen LogP contribution < -0.4 is 10.6 Å². The number of benzene rings is 2. The molecule has 0 radical (unpaired) electrons. The summed E-state index contributed by atoms with van der Waals surface area (Å²) in [7, 11) is 0. The van der Waals surface area contributed by atoms with E-state index in [4.69, 9.17) is 0 Å². The second kappa shape index (κ2) is 9.25. The molecule has 28 heavy (non-hydrogen) atoms. The van der Waals surface area contributed by atoms with E-state index in [0.29, 0.717) is 36.0 Å². The van der Waals surface area contributed by atoms with Gasteiger partial charge in [0.05, 0.1) is 12.2 Å². The van der Waals surface area contributed by atoms with Crippen molar-refractivity contribution in [2.75, 3.05) is 25.0 Å². The van der Waals surface area contributed by atoms with Crippen molar-refractivity contribution in [1.29, 1.82) is 0 Å². The highest BCUT2D eigenvalue weighted by atomic mass is 79.9. The van der Waals surface area contributed by atoms with Crippen molar-refractivity contribution < 1.29 is 18.4 Å². The number of hydrogen-bond acceptors (Lipinski definition) is 3. The average molecular weight is 452 g/mol. The second-order valence-corrected chi connectivity index (χ2v) is 7.62. The molecule has 2 N–H and O–H groups in total. The fourth-order valence-corrected chi connectivity index (χ4v) is 3.42. The standard InChI is InChI=1S/C20H20BrF2N3O2/c21-14-3-6-18(17(23)11-14)25-19(27)12-26-9-7-16(8-10-26)24-20(28)13-1-4-15(22)5-2-13/h1-6,11,16H,7-10,12H2,(H,24,28)(H,25,27). The number of carbonyl (C=O) groups is 2. The van der Waals surface area contributed by atoms with Gasteiger partial charge in [-0.3, -0.25) is 14.5 Å². The lowest BCUT2D eigenvalue weighted by molar-refractivity contribution is -0.117. The van der Waals surface area contributed by atoms with Crippen LogP contribution >= 0.6 is 15.9 Å². The van der Waals surface area contributed by atoms with Gasteiger partial charge in [-0.2, -0.15) is 0 Å². The third kappa shape index (κ3) is 5.59. The molecule has 1 saturated heterocycles. The zero-order chi connectivity index (χ0) is 20.1. The maximum Gasteiger partial charge on any atom is 0.251 e. The van der Waals surface area contributed by atoms with Gasteiger partial charge < -0.3 is 10.6 Å². The van der Waals surface area contributed by atoms with Crippen LogP contribution in [0.15, 0.2) is 46.9 Å². The number of carbonyl (C=O) groups excluding carboxylic acids is 2. The first-order valence-corrected chi connectivity index (χ1v) is 9.74. The van der Waals surface area contributed by atoms with E-state index in [2.05, 4.69) is 26.6 Å². The van der Waals surface area contributed by atoms with Crippen molar-refractivity contribution >= 4 is 33.4 Å². The van der Waals surface area contributed by atoms with Crippen LogP contribution in [0.25, 0.3) is 0 Å². The maximum absolute atomic E-state index is 13.8. The Bertz CT molecular complexity index is 853. The zero-order valence-electron chi connectivity index (χ0n) is 15.1. The normalized spacial score (nSPS) is 15.2. The van der Waals surface area contributed by atoms with E-state index >= 15 is 0 Å². The van der Waals surface area contributed by atoms with E-state index in [-0.39, 0.29) is 35.9 Å². The number of likely N-dealkylation sites (tertiary alicyclic amines) is 1. The van der Waals surface area contributed by atoms with Crippen LogP contribution in [0.4, 0.5) is 14.5 Å². The predicted octanol–water partition coefficient (Wildman–Crippen LogP) is 3.56. The Labute approximate surface area is 170 Å². The first-order chi connectivity index (χ1) is 13.4. The van der Waals surface area contributed by atoms with Gasteiger partial charge in [-0.15, -0.1) is 0 Å². The average Bonchev–Trinajstić information content (AvgIpc) is 2.66. The van der Waals surface area contributed by atoms with Crippen LogP contribution in [-0.4, -0.2) is 42.4 Å². The van der Waals surface area contributed by atoms with Gasteiger partial charge in [-0.05, 0) is 55.3 Å². The van der Waals surface area contributed by atoms with Gasteiger partial charge in [0.25, 0.3) is 5.91 Å². The van der Waals surface area contributed by atoms with E-state index < -0.39 is 5.82 Å². The molecule has 1 aliphatic heterocycles. The highest BCUT2D eigenvalue weighted by Gasteiger charge is 2.22. The van der Waals surface area contributed by atoms with Gasteiger partial charge in [0.15, 0.2) is 0 Å². The molecular weight excluding hydrogens is 432 g/mol. The molecule has 148 valence electrons. The number of nitrogens with one attached hydrogen (secondary N) is 2. The minimum atomic E-state index is -0.495. The van der Waals surface area contributed by atoms with E-state index in [1.54, 1.807) is 6.07 Å². The Hall–Kier alpha value is -2.32. The lowest BCUT2D eigenvalue weighted by Gasteiger charge is -2.31. The Balaban J connectivity index is 1.44. The molecule has 2 aromatic rings. The smallest absolute Gasteiger partial charge is 0.251 e. The van der Waals surface area contributed by atoms with Gasteiger partial charge in [0, 0.05) is 29.2 Å². The van der Waals surface area contributed by atoms with Gasteiger partial charge in [-0.25, -0.2) is 8.78 Å². The molecule has 0 atom stereocenters. The lowest BCUT2D eigenvalue weighted by atomic mass is 10.0. The Morgan fingerprint density at radius 3 is 2.39 bits per heavy atom. The minimum absolute atomic E-state index is 0.000724. The number of nitrogens with zero attached hydrogens (tertiary/aromatic N) is 1. The molecule has 2 amide bonds. The summed E-state index contributed by atoms with van der Waals surface area (Å²) in [6.07, 6.45) is 1.40. The van der Waals surface area contributed by atoms with Crippen molar-refractivity contribution in [2.24, 2.45) is 0 Å². The third-order valence-corrected chi connectivity index (χ3v) is 5.09. The largest absolute Gasteiger partial charge is 0.349 e. The lowest BCUT2D eigenvalue weighted by Crippen LogP contribution is -2.46. The summed E-state index contributed by atoms with van der Waals surface area (Å²) in [5, 5.41) is 5.52. The summed E-state index contributed by atoms with van der Waals surface area (Å²) >= 11 is 3.18. The quantitative estimate of drug-likeness (QED) is 0.730. The summed E-state index contributed by atoms with van der Waals surface area (Å²) in [5.41, 5.74) is 0.564. The number of rotatable bonds is 5. The maximum atomic E-state index is 13.8. The number of hydrogen-bond donors (Lipinski definition) is 2. The molecule has 0 unspecified atom stereocenters. The highest BCUT2D eigenvalue weighted by Crippen LogP contribution is 2.19. The van der Waals surface area contributed by atoms with Crippen LogP contribution in [0.3, 0.4) is 0 Å². The van der Waals surface area contributed by atoms with E-state index in [0.717, 1.165) is 0 Å². The summed E-state index contributed by atoms with van der Waals surface area (Å²) in [5.74, 6) is -1.40. The van der Waals surface area contributed by atoms with Gasteiger partial charge >= 0.3 is 0 Å². The van der Waals surface area contributed by atoms with Gasteiger partial charge in [-0.1, -0.05) is 15.9 Å². The monoisotopic (exact) mass is 451 g/mol. The molecule has 0 saturated carbocycles. The Kier molecular flexibility index (Phi) is 6.74. The molecule has 8 heteroatoms. The Morgan fingerprint density at radius 1 is 1.07 bits per heavy atom. The van der Waals surface area contributed by atoms with Crippen LogP contribution in [-0.2, 0) is 4.79 Å². The zero-order valence-corrected chi connectivity index (χ0v) is 16.6. The highest BCUT2D eigenvalue weighted by molar-refractivity contribution is 9.10. The molecule has 1 heterocycles. The minimum Gasteiger partial charge on any atom is -0.349 e. The molecule has 2 aromatic carbocycles. The van der Waals surface area contributed by atoms with Crippen LogP contribution in [0.1, 0.15) is 23.2 Å². The number of anilines is 1. The van der Waals surface area contributed by atoms with Crippen molar-refractivity contribution in [3.05, 3.63) is 64.1 Å². The topological polar surface area (TPSA) is 61.4 Å². The third-order valence-electron chi connectivity index (χ3n) is 4.60. The van der Waals surface area contributed by atoms with Gasteiger partial charge in [0.1, 0.15) is 11.6 Å². The molecule has 5 nitrogen and oxygen atoms in total. The fraction of sp³-hybridized carbons (Fsp3) is 0.300. The predicted molar refractivity (Wildman–Crippen MR) is 106 cm³/mol. The van der Waals surface area contributed by atoms with Crippen LogP contribution in [0.5, 0.6) is 0 Å². The molecule has 0 spiro atoms. The fourth-order valence-electron chi connectivity index (χ4n) is 3.09. The van der Waals surface area contributed by atoms with Gasteiger partial charge in [0.2, 0.25) is 5.91 Å². The van der Waals surface area contributed by atoms with Crippen molar-refractivity contribution in [1.82, 2.24) is 10.2 Å². The first kappa shape index (κ1) is 20.4. The summed E-state index contributed by atoms with van der Waals surface area (Å²) in [6, 6.07) is 9.87. The summed E-state index contributed by atoms with van der Waals surface area (Å²) in [6.45, 7) is 1.45. The molecule has 0 aromatic heterocycles. The number of piperidine rings is 1. The number of amides is 2. The Morgan fingerprint density at radius 2 is 1.75 bits per heavy atom. The number of halogens is 3. The van der Waals surface area contributed by atoms with Crippen LogP contribution in [0, 0.1) is 11.6 Å².